The van der Waals surface area contributed by atoms with Crippen LogP contribution in [0.2, 0.25) is 0 Å². The quantitative estimate of drug-likeness (QED) is 0.409. The highest BCUT2D eigenvalue weighted by Crippen LogP contribution is 2.49. The second-order valence-corrected chi connectivity index (χ2v) is 11.7. The summed E-state index contributed by atoms with van der Waals surface area (Å²) in [5.41, 5.74) is -1.96. The number of alkyl halides is 3. The molecule has 1 aliphatic heterocycles. The minimum Gasteiger partial charge on any atom is -0.351 e. The van der Waals surface area contributed by atoms with Crippen LogP contribution >= 0.6 is 0 Å². The van der Waals surface area contributed by atoms with Crippen LogP contribution in [0.4, 0.5) is 22.0 Å². The summed E-state index contributed by atoms with van der Waals surface area (Å²) in [5.74, 6) is -1.64. The molecule has 1 saturated carbocycles. The first kappa shape index (κ1) is 30.0. The summed E-state index contributed by atoms with van der Waals surface area (Å²) in [7, 11) is 0. The number of hydrogen-bond donors (Lipinski definition) is 2. The van der Waals surface area contributed by atoms with Gasteiger partial charge in [0.05, 0.1) is 11.0 Å². The van der Waals surface area contributed by atoms with Crippen LogP contribution in [-0.4, -0.2) is 41.4 Å². The van der Waals surface area contributed by atoms with Crippen molar-refractivity contribution in [2.75, 3.05) is 13.1 Å². The smallest absolute Gasteiger partial charge is 0.351 e. The Hall–Kier alpha value is -3.01. The summed E-state index contributed by atoms with van der Waals surface area (Å²) in [4.78, 5) is 28.2. The Labute approximate surface area is 231 Å². The van der Waals surface area contributed by atoms with Gasteiger partial charge in [-0.3, -0.25) is 9.59 Å². The van der Waals surface area contributed by atoms with Crippen molar-refractivity contribution in [3.63, 3.8) is 0 Å². The standard InChI is InChI=1S/C30H36F5N3O2/c1-19(39)37-28(2,3)29(27(40)36-18-20-14-23(30(33,34)35)16-25(32)15-20)11-8-26(17-29)38-12-9-22(10-13-38)21-4-6-24(31)7-5-21/h4-7,14-16,22,26H,8-13,17-18H2,1-3H3,(H,36,40)(H,37,39)/t26?,29-/m1/s1. The lowest BCUT2D eigenvalue weighted by Crippen LogP contribution is -2.61. The Balaban J connectivity index is 1.48. The number of nitrogens with one attached hydrogen (secondary N) is 2. The summed E-state index contributed by atoms with van der Waals surface area (Å²) in [6, 6.07) is 8.92. The van der Waals surface area contributed by atoms with Gasteiger partial charge in [-0.25, -0.2) is 8.78 Å². The van der Waals surface area contributed by atoms with Crippen LogP contribution in [0, 0.1) is 17.0 Å². The monoisotopic (exact) mass is 565 g/mol. The van der Waals surface area contributed by atoms with Gasteiger partial charge in [-0.2, -0.15) is 13.2 Å². The molecular weight excluding hydrogens is 529 g/mol. The highest BCUT2D eigenvalue weighted by molar-refractivity contribution is 5.86. The van der Waals surface area contributed by atoms with Crippen molar-refractivity contribution in [3.8, 4) is 0 Å². The maximum Gasteiger partial charge on any atom is 0.416 e. The summed E-state index contributed by atoms with van der Waals surface area (Å²) in [5, 5.41) is 5.67. The molecule has 2 aromatic carbocycles. The maximum atomic E-state index is 13.9. The van der Waals surface area contributed by atoms with E-state index in [1.807, 2.05) is 12.1 Å². The van der Waals surface area contributed by atoms with E-state index in [4.69, 9.17) is 0 Å². The van der Waals surface area contributed by atoms with Crippen molar-refractivity contribution in [3.05, 3.63) is 70.8 Å². The van der Waals surface area contributed by atoms with E-state index >= 15 is 0 Å². The fraction of sp³-hybridized carbons (Fsp3) is 0.533. The van der Waals surface area contributed by atoms with Crippen molar-refractivity contribution < 1.29 is 31.5 Å². The topological polar surface area (TPSA) is 61.4 Å². The van der Waals surface area contributed by atoms with Gasteiger partial charge >= 0.3 is 6.18 Å². The van der Waals surface area contributed by atoms with Crippen LogP contribution in [-0.2, 0) is 22.3 Å². The fourth-order valence-electron chi connectivity index (χ4n) is 6.55. The average Bonchev–Trinajstić information content (AvgIpc) is 3.34. The molecule has 4 rings (SSSR count). The van der Waals surface area contributed by atoms with Crippen molar-refractivity contribution >= 4 is 11.8 Å². The van der Waals surface area contributed by atoms with E-state index in [-0.39, 0.29) is 35.8 Å². The number of rotatable bonds is 7. The molecular formula is C30H36F5N3O2. The second-order valence-electron chi connectivity index (χ2n) is 11.7. The zero-order chi connectivity index (χ0) is 29.3. The van der Waals surface area contributed by atoms with Crippen molar-refractivity contribution in [2.45, 2.75) is 83.1 Å². The lowest BCUT2D eigenvalue weighted by atomic mass is 9.68. The largest absolute Gasteiger partial charge is 0.416 e. The summed E-state index contributed by atoms with van der Waals surface area (Å²) in [6.45, 7) is 6.32. The van der Waals surface area contributed by atoms with Gasteiger partial charge in [0.25, 0.3) is 0 Å². The molecule has 10 heteroatoms. The molecule has 218 valence electrons. The molecule has 2 N–H and O–H groups in total. The molecule has 0 aromatic heterocycles. The van der Waals surface area contributed by atoms with Crippen molar-refractivity contribution in [1.29, 1.82) is 0 Å². The normalized spacial score (nSPS) is 22.8. The van der Waals surface area contributed by atoms with E-state index < -0.39 is 28.5 Å². The number of amides is 2. The van der Waals surface area contributed by atoms with Gasteiger partial charge in [0.15, 0.2) is 0 Å². The van der Waals surface area contributed by atoms with Crippen LogP contribution in [0.1, 0.15) is 75.5 Å². The van der Waals surface area contributed by atoms with E-state index in [1.54, 1.807) is 13.8 Å². The molecule has 2 fully saturated rings. The molecule has 1 aliphatic carbocycles. The number of hydrogen-bond acceptors (Lipinski definition) is 3. The van der Waals surface area contributed by atoms with Gasteiger partial charge in [-0.15, -0.1) is 0 Å². The Morgan fingerprint density at radius 2 is 1.62 bits per heavy atom. The van der Waals surface area contributed by atoms with Crippen LogP contribution < -0.4 is 10.6 Å². The summed E-state index contributed by atoms with van der Waals surface area (Å²) < 4.78 is 66.8. The van der Waals surface area contributed by atoms with E-state index in [1.165, 1.54) is 19.1 Å². The second kappa shape index (κ2) is 11.5. The lowest BCUT2D eigenvalue weighted by molar-refractivity contribution is -0.138. The number of nitrogens with zero attached hydrogens (tertiary/aromatic N) is 1. The van der Waals surface area contributed by atoms with Gasteiger partial charge in [0.1, 0.15) is 11.6 Å². The third-order valence-electron chi connectivity index (χ3n) is 8.73. The van der Waals surface area contributed by atoms with Gasteiger partial charge in [-0.05, 0) is 106 Å². The molecule has 2 atom stereocenters. The van der Waals surface area contributed by atoms with Gasteiger partial charge < -0.3 is 15.5 Å². The molecule has 40 heavy (non-hydrogen) atoms. The molecule has 1 unspecified atom stereocenters. The molecule has 0 spiro atoms. The molecule has 2 aliphatic rings. The third kappa shape index (κ3) is 6.48. The highest BCUT2D eigenvalue weighted by atomic mass is 19.4. The fourth-order valence-corrected chi connectivity index (χ4v) is 6.55. The van der Waals surface area contributed by atoms with Crippen LogP contribution in [0.15, 0.2) is 42.5 Å². The number of carbonyl (C=O) groups is 2. The molecule has 0 bridgehead atoms. The number of halogens is 5. The Bertz CT molecular complexity index is 1220. The number of benzene rings is 2. The molecule has 1 heterocycles. The Morgan fingerprint density at radius 3 is 2.23 bits per heavy atom. The summed E-state index contributed by atoms with van der Waals surface area (Å²) in [6.07, 6.45) is -1.25. The van der Waals surface area contributed by atoms with Gasteiger partial charge in [-0.1, -0.05) is 12.1 Å². The zero-order valence-electron chi connectivity index (χ0n) is 23.0. The van der Waals surface area contributed by atoms with Crippen molar-refractivity contribution in [1.82, 2.24) is 15.5 Å². The Morgan fingerprint density at radius 1 is 0.975 bits per heavy atom. The summed E-state index contributed by atoms with van der Waals surface area (Å²) >= 11 is 0. The van der Waals surface area contributed by atoms with Crippen LogP contribution in [0.3, 0.4) is 0 Å². The van der Waals surface area contributed by atoms with Crippen molar-refractivity contribution in [2.24, 2.45) is 5.41 Å². The number of carbonyl (C=O) groups excluding carboxylic acids is 2. The van der Waals surface area contributed by atoms with Crippen LogP contribution in [0.5, 0.6) is 0 Å². The number of likely N-dealkylation sites (tertiary alicyclic amines) is 1. The van der Waals surface area contributed by atoms with E-state index in [9.17, 15) is 31.5 Å². The predicted octanol–water partition coefficient (Wildman–Crippen LogP) is 5.93. The molecule has 2 amide bonds. The first-order valence-electron chi connectivity index (χ1n) is 13.6. The third-order valence-corrected chi connectivity index (χ3v) is 8.73. The van der Waals surface area contributed by atoms with Gasteiger partial charge in [0.2, 0.25) is 11.8 Å². The lowest BCUT2D eigenvalue weighted by Gasteiger charge is -2.44. The minimum absolute atomic E-state index is 0.00516. The molecule has 0 radical (unpaired) electrons. The first-order chi connectivity index (χ1) is 18.7. The van der Waals surface area contributed by atoms with E-state index in [0.717, 1.165) is 50.0 Å². The predicted molar refractivity (Wildman–Crippen MR) is 141 cm³/mol. The average molecular weight is 566 g/mol. The van der Waals surface area contributed by atoms with E-state index in [2.05, 4.69) is 15.5 Å². The highest BCUT2D eigenvalue weighted by Gasteiger charge is 2.56. The van der Waals surface area contributed by atoms with Crippen LogP contribution in [0.25, 0.3) is 0 Å². The molecule has 1 saturated heterocycles. The van der Waals surface area contributed by atoms with Gasteiger partial charge in [0, 0.05) is 25.0 Å². The first-order valence-corrected chi connectivity index (χ1v) is 13.6. The van der Waals surface area contributed by atoms with E-state index in [0.29, 0.717) is 24.8 Å². The maximum absolute atomic E-state index is 13.9. The molecule has 2 aromatic rings. The minimum atomic E-state index is -4.71. The number of piperidine rings is 1. The SMILES string of the molecule is CC(=O)NC(C)(C)[C@]1(C(=O)NCc2cc(F)cc(C(F)(F)F)c2)CCC(N2CCC(c3ccc(F)cc3)CC2)C1. The zero-order valence-corrected chi connectivity index (χ0v) is 23.0. The Kier molecular flexibility index (Phi) is 8.59. The molecule has 5 nitrogen and oxygen atoms in total.